The molecule has 1 aliphatic heterocycles. The molecule has 1 saturated heterocycles. The van der Waals surface area contributed by atoms with Gasteiger partial charge in [-0.15, -0.1) is 0 Å². The second kappa shape index (κ2) is 10.9. The second-order valence-electron chi connectivity index (χ2n) is 8.75. The number of benzene rings is 1. The van der Waals surface area contributed by atoms with Crippen molar-refractivity contribution >= 4 is 11.8 Å². The number of nitrogens with one attached hydrogen (secondary N) is 1. The van der Waals surface area contributed by atoms with Crippen molar-refractivity contribution < 1.29 is 14.0 Å². The van der Waals surface area contributed by atoms with Crippen molar-refractivity contribution in [3.05, 3.63) is 41.8 Å². The number of likely N-dealkylation sites (tertiary alicyclic amines) is 1. The molecule has 0 bridgehead atoms. The lowest BCUT2D eigenvalue weighted by molar-refractivity contribution is -0.143. The van der Waals surface area contributed by atoms with Crippen LogP contribution in [0.3, 0.4) is 0 Å². The first kappa shape index (κ1) is 24.9. The highest BCUT2D eigenvalue weighted by atomic mass is 19.1. The molecule has 2 aromatic rings. The largest absolute Gasteiger partial charge is 0.350 e. The number of nitrogens with two attached hydrogens (primary N) is 1. The lowest BCUT2D eigenvalue weighted by Crippen LogP contribution is -2.59. The normalized spacial score (nSPS) is 19.5. The quantitative estimate of drug-likeness (QED) is 0.718. The first-order chi connectivity index (χ1) is 15.9. The van der Waals surface area contributed by atoms with Gasteiger partial charge in [0, 0.05) is 25.7 Å². The summed E-state index contributed by atoms with van der Waals surface area (Å²) >= 11 is 0. The molecule has 2 fully saturated rings. The van der Waals surface area contributed by atoms with Crippen LogP contribution in [-0.2, 0) is 23.2 Å². The number of halogens is 1. The van der Waals surface area contributed by atoms with E-state index >= 15 is 0 Å². The van der Waals surface area contributed by atoms with Crippen LogP contribution in [0.2, 0.25) is 0 Å². The van der Waals surface area contributed by atoms with E-state index in [2.05, 4.69) is 10.4 Å². The maximum absolute atomic E-state index is 13.9. The van der Waals surface area contributed by atoms with Crippen LogP contribution in [0.25, 0.3) is 11.3 Å². The standard InChI is InChI=1S/C23H30FN5O2.C2H6/c1-28-20(18(24)15-27-28)17-9-7-16(8-10-17)14-26-21(30)19-6-5-13-29(19)22(31)23(25)11-3-2-4-12-23;1-2/h7-10,15,19H,2-6,11-14,25H2,1H3,(H,26,30);1-2H3. The highest BCUT2D eigenvalue weighted by Gasteiger charge is 2.43. The Kier molecular flexibility index (Phi) is 8.24. The lowest BCUT2D eigenvalue weighted by Gasteiger charge is -2.37. The van der Waals surface area contributed by atoms with E-state index in [1.165, 1.54) is 10.9 Å². The number of carbonyl (C=O) groups excluding carboxylic acids is 2. The summed E-state index contributed by atoms with van der Waals surface area (Å²) in [5.41, 5.74) is 7.66. The summed E-state index contributed by atoms with van der Waals surface area (Å²) in [5, 5.41) is 6.87. The third-order valence-corrected chi connectivity index (χ3v) is 6.58. The molecule has 1 aromatic heterocycles. The fourth-order valence-corrected chi connectivity index (χ4v) is 4.79. The van der Waals surface area contributed by atoms with Crippen LogP contribution in [-0.4, -0.2) is 44.6 Å². The molecule has 180 valence electrons. The Balaban J connectivity index is 0.00000149. The molecular formula is C25H36FN5O2. The molecule has 1 aromatic carbocycles. The van der Waals surface area contributed by atoms with Gasteiger partial charge in [-0.1, -0.05) is 57.4 Å². The average molecular weight is 458 g/mol. The van der Waals surface area contributed by atoms with Gasteiger partial charge in [0.15, 0.2) is 5.82 Å². The summed E-state index contributed by atoms with van der Waals surface area (Å²) in [6.45, 7) is 4.93. The Bertz CT molecular complexity index is 931. The van der Waals surface area contributed by atoms with Gasteiger partial charge < -0.3 is 16.0 Å². The number of rotatable bonds is 5. The van der Waals surface area contributed by atoms with Crippen molar-refractivity contribution in [2.75, 3.05) is 6.54 Å². The van der Waals surface area contributed by atoms with E-state index < -0.39 is 11.6 Å². The molecule has 0 radical (unpaired) electrons. The lowest BCUT2D eigenvalue weighted by atomic mass is 9.81. The molecular weight excluding hydrogens is 421 g/mol. The van der Waals surface area contributed by atoms with Gasteiger partial charge in [0.25, 0.3) is 0 Å². The molecule has 7 nitrogen and oxygen atoms in total. The number of amides is 2. The Morgan fingerprint density at radius 3 is 2.42 bits per heavy atom. The van der Waals surface area contributed by atoms with Crippen LogP contribution in [0.5, 0.6) is 0 Å². The summed E-state index contributed by atoms with van der Waals surface area (Å²) in [4.78, 5) is 27.6. The van der Waals surface area contributed by atoms with Crippen LogP contribution in [0, 0.1) is 5.82 Å². The van der Waals surface area contributed by atoms with Crippen LogP contribution >= 0.6 is 0 Å². The molecule has 2 amide bonds. The molecule has 1 unspecified atom stereocenters. The van der Waals surface area contributed by atoms with Crippen LogP contribution in [0.1, 0.15) is 64.4 Å². The smallest absolute Gasteiger partial charge is 0.243 e. The summed E-state index contributed by atoms with van der Waals surface area (Å²) in [6.07, 6.45) is 7.09. The summed E-state index contributed by atoms with van der Waals surface area (Å²) in [7, 11) is 1.69. The molecule has 2 aliphatic rings. The zero-order chi connectivity index (χ0) is 24.0. The SMILES string of the molecule is CC.Cn1ncc(F)c1-c1ccc(CNC(=O)C2CCCN2C(=O)C2(N)CCCCC2)cc1. The number of aryl methyl sites for hydroxylation is 1. The first-order valence-electron chi connectivity index (χ1n) is 12.0. The van der Waals surface area contributed by atoms with E-state index in [0.717, 1.165) is 36.8 Å². The molecule has 1 aliphatic carbocycles. The third kappa shape index (κ3) is 5.43. The van der Waals surface area contributed by atoms with Crippen molar-refractivity contribution in [3.63, 3.8) is 0 Å². The summed E-state index contributed by atoms with van der Waals surface area (Å²) < 4.78 is 15.4. The fourth-order valence-electron chi connectivity index (χ4n) is 4.79. The molecule has 1 saturated carbocycles. The van der Waals surface area contributed by atoms with Gasteiger partial charge in [-0.2, -0.15) is 5.10 Å². The van der Waals surface area contributed by atoms with Gasteiger partial charge in [0.1, 0.15) is 11.7 Å². The van der Waals surface area contributed by atoms with E-state index in [9.17, 15) is 14.0 Å². The van der Waals surface area contributed by atoms with Crippen molar-refractivity contribution in [2.24, 2.45) is 12.8 Å². The minimum Gasteiger partial charge on any atom is -0.350 e. The zero-order valence-electron chi connectivity index (χ0n) is 19.9. The first-order valence-corrected chi connectivity index (χ1v) is 12.0. The number of aromatic nitrogens is 2. The number of hydrogen-bond acceptors (Lipinski definition) is 4. The van der Waals surface area contributed by atoms with Gasteiger partial charge in [-0.3, -0.25) is 14.3 Å². The van der Waals surface area contributed by atoms with Gasteiger partial charge in [0.05, 0.1) is 11.7 Å². The van der Waals surface area contributed by atoms with Gasteiger partial charge in [-0.25, -0.2) is 4.39 Å². The van der Waals surface area contributed by atoms with E-state index in [-0.39, 0.29) is 17.6 Å². The monoisotopic (exact) mass is 457 g/mol. The predicted octanol–water partition coefficient (Wildman–Crippen LogP) is 3.52. The van der Waals surface area contributed by atoms with Gasteiger partial charge >= 0.3 is 0 Å². The topological polar surface area (TPSA) is 93.2 Å². The van der Waals surface area contributed by atoms with Crippen LogP contribution in [0.15, 0.2) is 30.5 Å². The Morgan fingerprint density at radius 1 is 1.15 bits per heavy atom. The Hall–Kier alpha value is -2.74. The van der Waals surface area contributed by atoms with Crippen molar-refractivity contribution in [1.82, 2.24) is 20.0 Å². The van der Waals surface area contributed by atoms with Gasteiger partial charge in [-0.05, 0) is 31.2 Å². The zero-order valence-corrected chi connectivity index (χ0v) is 19.9. The van der Waals surface area contributed by atoms with Crippen molar-refractivity contribution in [1.29, 1.82) is 0 Å². The van der Waals surface area contributed by atoms with E-state index in [0.29, 0.717) is 38.0 Å². The second-order valence-corrected chi connectivity index (χ2v) is 8.75. The van der Waals surface area contributed by atoms with Crippen molar-refractivity contribution in [2.45, 2.75) is 76.9 Å². The molecule has 2 heterocycles. The fraction of sp³-hybridized carbons (Fsp3) is 0.560. The number of nitrogens with zero attached hydrogens (tertiary/aromatic N) is 3. The number of hydrogen-bond donors (Lipinski definition) is 2. The Morgan fingerprint density at radius 2 is 1.82 bits per heavy atom. The maximum atomic E-state index is 13.9. The minimum atomic E-state index is -0.821. The molecule has 3 N–H and O–H groups in total. The van der Waals surface area contributed by atoms with E-state index in [1.54, 1.807) is 11.9 Å². The maximum Gasteiger partial charge on any atom is 0.243 e. The van der Waals surface area contributed by atoms with Crippen molar-refractivity contribution in [3.8, 4) is 11.3 Å². The van der Waals surface area contributed by atoms with E-state index in [1.807, 2.05) is 38.1 Å². The molecule has 1 atom stereocenters. The predicted molar refractivity (Wildman–Crippen MR) is 127 cm³/mol. The Labute approximate surface area is 195 Å². The molecule has 0 spiro atoms. The third-order valence-electron chi connectivity index (χ3n) is 6.58. The minimum absolute atomic E-state index is 0.0765. The average Bonchev–Trinajstić information content (AvgIpc) is 3.46. The highest BCUT2D eigenvalue weighted by Crippen LogP contribution is 2.30. The van der Waals surface area contributed by atoms with Gasteiger partial charge in [0.2, 0.25) is 11.8 Å². The summed E-state index contributed by atoms with van der Waals surface area (Å²) in [6, 6.07) is 6.88. The van der Waals surface area contributed by atoms with E-state index in [4.69, 9.17) is 5.73 Å². The summed E-state index contributed by atoms with van der Waals surface area (Å²) in [5.74, 6) is -0.593. The molecule has 8 heteroatoms. The molecule has 4 rings (SSSR count). The highest BCUT2D eigenvalue weighted by molar-refractivity contribution is 5.92. The van der Waals surface area contributed by atoms with Crippen LogP contribution < -0.4 is 11.1 Å². The van der Waals surface area contributed by atoms with Crippen LogP contribution in [0.4, 0.5) is 4.39 Å². The number of carbonyl (C=O) groups is 2. The molecule has 33 heavy (non-hydrogen) atoms.